The lowest BCUT2D eigenvalue weighted by Gasteiger charge is -2.28. The average Bonchev–Trinajstić information content (AvgIpc) is 3.84. The number of Topliss-reactive ketones (excluding diaryl/α,β-unsaturated/α-hetero) is 1. The van der Waals surface area contributed by atoms with Gasteiger partial charge in [0.1, 0.15) is 17.4 Å². The molecule has 0 aliphatic heterocycles. The highest BCUT2D eigenvalue weighted by Crippen LogP contribution is 2.31. The van der Waals surface area contributed by atoms with Crippen LogP contribution >= 0.6 is 11.3 Å². The molecule has 3 amide bonds. The van der Waals surface area contributed by atoms with Gasteiger partial charge in [0.2, 0.25) is 17.7 Å². The molecule has 0 spiro atoms. The van der Waals surface area contributed by atoms with Crippen LogP contribution in [0.1, 0.15) is 86.9 Å². The SMILES string of the molecule is CCC(=O)N[C@@H](Cc1nc2c(F)cccc2s1)C(=O)N[C@H](C(=O)C[C@@H](CCCCN)C(=O)NC(c1ccccc1)c1ccccc1)C1CCCC1. The normalized spacial score (nSPS) is 15.0. The highest BCUT2D eigenvalue weighted by molar-refractivity contribution is 7.18. The molecule has 4 aromatic rings. The monoisotopic (exact) mass is 713 g/mol. The minimum absolute atomic E-state index is 0.0444. The number of hydrogen-bond donors (Lipinski definition) is 4. The molecular weight excluding hydrogens is 666 g/mol. The van der Waals surface area contributed by atoms with Crippen LogP contribution in [0.3, 0.4) is 0 Å². The summed E-state index contributed by atoms with van der Waals surface area (Å²) in [6.07, 6.45) is 5.45. The molecule has 11 heteroatoms. The first kappa shape index (κ1) is 37.8. The summed E-state index contributed by atoms with van der Waals surface area (Å²) in [6.45, 7) is 2.17. The predicted octanol–water partition coefficient (Wildman–Crippen LogP) is 6.16. The summed E-state index contributed by atoms with van der Waals surface area (Å²) in [6, 6.07) is 21.9. The number of rotatable bonds is 18. The number of nitrogens with zero attached hydrogens (tertiary/aromatic N) is 1. The van der Waals surface area contributed by atoms with Gasteiger partial charge in [-0.15, -0.1) is 11.3 Å². The second-order valence-corrected chi connectivity index (χ2v) is 14.4. The molecule has 3 aromatic carbocycles. The summed E-state index contributed by atoms with van der Waals surface area (Å²) in [7, 11) is 0. The van der Waals surface area contributed by atoms with Crippen molar-refractivity contribution < 1.29 is 23.6 Å². The van der Waals surface area contributed by atoms with E-state index in [0.29, 0.717) is 29.1 Å². The van der Waals surface area contributed by atoms with Gasteiger partial charge in [0, 0.05) is 25.2 Å². The third-order valence-electron chi connectivity index (χ3n) is 9.66. The highest BCUT2D eigenvalue weighted by atomic mass is 32.1. The Morgan fingerprint density at radius 2 is 1.53 bits per heavy atom. The summed E-state index contributed by atoms with van der Waals surface area (Å²) in [5.41, 5.74) is 7.88. The lowest BCUT2D eigenvalue weighted by molar-refractivity contribution is -0.134. The molecule has 5 N–H and O–H groups in total. The molecule has 0 bridgehead atoms. The van der Waals surface area contributed by atoms with Gasteiger partial charge in [-0.05, 0) is 61.4 Å². The van der Waals surface area contributed by atoms with Gasteiger partial charge in [0.25, 0.3) is 0 Å². The van der Waals surface area contributed by atoms with E-state index in [2.05, 4.69) is 20.9 Å². The van der Waals surface area contributed by atoms with Crippen LogP contribution in [0.5, 0.6) is 0 Å². The molecule has 0 radical (unpaired) electrons. The number of para-hydroxylation sites is 1. The molecule has 5 rings (SSSR count). The van der Waals surface area contributed by atoms with Gasteiger partial charge in [-0.1, -0.05) is 92.9 Å². The fraction of sp³-hybridized carbons (Fsp3) is 0.425. The van der Waals surface area contributed by atoms with E-state index >= 15 is 0 Å². The third kappa shape index (κ3) is 10.3. The molecule has 1 saturated carbocycles. The first-order valence-electron chi connectivity index (χ1n) is 18.0. The summed E-state index contributed by atoms with van der Waals surface area (Å²) in [5, 5.41) is 9.52. The van der Waals surface area contributed by atoms with E-state index in [0.717, 1.165) is 43.2 Å². The first-order valence-corrected chi connectivity index (χ1v) is 18.9. The first-order chi connectivity index (χ1) is 24.8. The molecule has 1 aliphatic carbocycles. The quantitative estimate of drug-likeness (QED) is 0.0911. The molecular formula is C40H48FN5O4S. The molecule has 1 aromatic heterocycles. The van der Waals surface area contributed by atoms with Crippen molar-refractivity contribution in [2.24, 2.45) is 17.6 Å². The zero-order valence-corrected chi connectivity index (χ0v) is 29.9. The van der Waals surface area contributed by atoms with Crippen molar-refractivity contribution >= 4 is 45.1 Å². The summed E-state index contributed by atoms with van der Waals surface area (Å²) in [4.78, 5) is 59.3. The number of hydrogen-bond acceptors (Lipinski definition) is 7. The van der Waals surface area contributed by atoms with Gasteiger partial charge in [0.15, 0.2) is 5.78 Å². The van der Waals surface area contributed by atoms with Gasteiger partial charge in [-0.25, -0.2) is 9.37 Å². The van der Waals surface area contributed by atoms with Crippen LogP contribution in [-0.4, -0.2) is 47.1 Å². The lowest BCUT2D eigenvalue weighted by Crippen LogP contribution is -2.54. The van der Waals surface area contributed by atoms with Crippen LogP contribution in [-0.2, 0) is 25.6 Å². The fourth-order valence-electron chi connectivity index (χ4n) is 6.88. The van der Waals surface area contributed by atoms with Gasteiger partial charge in [-0.2, -0.15) is 0 Å². The Bertz CT molecular complexity index is 1720. The van der Waals surface area contributed by atoms with E-state index in [1.807, 2.05) is 60.7 Å². The van der Waals surface area contributed by atoms with E-state index in [9.17, 15) is 23.6 Å². The lowest BCUT2D eigenvalue weighted by atomic mass is 9.86. The maximum absolute atomic E-state index is 14.4. The average molecular weight is 714 g/mol. The summed E-state index contributed by atoms with van der Waals surface area (Å²) < 4.78 is 15.1. The van der Waals surface area contributed by atoms with Crippen molar-refractivity contribution in [3.8, 4) is 0 Å². The predicted molar refractivity (Wildman–Crippen MR) is 198 cm³/mol. The number of aromatic nitrogens is 1. The Morgan fingerprint density at radius 3 is 2.14 bits per heavy atom. The number of thiazole rings is 1. The zero-order chi connectivity index (χ0) is 36.2. The number of nitrogens with one attached hydrogen (secondary N) is 3. The van der Waals surface area contributed by atoms with Crippen molar-refractivity contribution in [3.05, 3.63) is 101 Å². The van der Waals surface area contributed by atoms with Gasteiger partial charge in [0.05, 0.1) is 21.8 Å². The fourth-order valence-corrected chi connectivity index (χ4v) is 7.90. The number of fused-ring (bicyclic) bond motifs is 1. The molecule has 0 unspecified atom stereocenters. The molecule has 1 aliphatic rings. The number of benzene rings is 3. The van der Waals surface area contributed by atoms with Gasteiger partial charge < -0.3 is 21.7 Å². The number of ketones is 1. The third-order valence-corrected chi connectivity index (χ3v) is 10.7. The highest BCUT2D eigenvalue weighted by Gasteiger charge is 2.36. The van der Waals surface area contributed by atoms with E-state index in [-0.39, 0.29) is 48.3 Å². The number of amides is 3. The minimum atomic E-state index is -1.01. The van der Waals surface area contributed by atoms with Crippen molar-refractivity contribution in [3.63, 3.8) is 0 Å². The number of carbonyl (C=O) groups is 4. The number of carbonyl (C=O) groups excluding carboxylic acids is 4. The number of halogens is 1. The van der Waals surface area contributed by atoms with E-state index in [4.69, 9.17) is 5.73 Å². The van der Waals surface area contributed by atoms with Crippen LogP contribution in [0.15, 0.2) is 78.9 Å². The van der Waals surface area contributed by atoms with Crippen LogP contribution in [0.4, 0.5) is 4.39 Å². The topological polar surface area (TPSA) is 143 Å². The Hall–Kier alpha value is -4.48. The van der Waals surface area contributed by atoms with Crippen LogP contribution in [0, 0.1) is 17.7 Å². The van der Waals surface area contributed by atoms with Crippen molar-refractivity contribution in [2.45, 2.75) is 89.3 Å². The second-order valence-electron chi connectivity index (χ2n) is 13.3. The Balaban J connectivity index is 1.36. The summed E-state index contributed by atoms with van der Waals surface area (Å²) in [5.74, 6) is -2.44. The van der Waals surface area contributed by atoms with Crippen LogP contribution in [0.25, 0.3) is 10.2 Å². The van der Waals surface area contributed by atoms with Gasteiger partial charge in [-0.3, -0.25) is 19.2 Å². The van der Waals surface area contributed by atoms with Crippen molar-refractivity contribution in [1.29, 1.82) is 0 Å². The maximum atomic E-state index is 14.4. The number of unbranched alkanes of at least 4 members (excludes halogenated alkanes) is 1. The van der Waals surface area contributed by atoms with Gasteiger partial charge >= 0.3 is 0 Å². The standard InChI is InChI=1S/C40H48FN5O4S/c1-2-34(48)43-31(25-35-44-38-30(41)21-13-22-33(38)51-35)40(50)46-37(28-18-9-10-19-28)32(47)24-29(20-11-12-23-42)39(49)45-36(26-14-5-3-6-15-26)27-16-7-4-8-17-27/h3-8,13-17,21-22,28-29,31,36-37H,2,9-12,18-20,23-25,42H2,1H3,(H,43,48)(H,45,49)(H,46,50)/t29-,31+,37+/m1/s1. The molecule has 1 fully saturated rings. The largest absolute Gasteiger partial charge is 0.345 e. The molecule has 9 nitrogen and oxygen atoms in total. The Morgan fingerprint density at radius 1 is 0.863 bits per heavy atom. The molecule has 1 heterocycles. The maximum Gasteiger partial charge on any atom is 0.243 e. The zero-order valence-electron chi connectivity index (χ0n) is 29.1. The minimum Gasteiger partial charge on any atom is -0.345 e. The molecule has 51 heavy (non-hydrogen) atoms. The number of nitrogens with two attached hydrogens (primary N) is 1. The smallest absolute Gasteiger partial charge is 0.243 e. The summed E-state index contributed by atoms with van der Waals surface area (Å²) >= 11 is 1.26. The molecule has 3 atom stereocenters. The van der Waals surface area contributed by atoms with E-state index in [1.54, 1.807) is 19.1 Å². The van der Waals surface area contributed by atoms with Crippen LogP contribution in [0.2, 0.25) is 0 Å². The Kier molecular flexibility index (Phi) is 13.8. The van der Waals surface area contributed by atoms with Crippen molar-refractivity contribution in [2.75, 3.05) is 6.54 Å². The van der Waals surface area contributed by atoms with Crippen LogP contribution < -0.4 is 21.7 Å². The Labute approximate surface area is 303 Å². The van der Waals surface area contributed by atoms with E-state index in [1.165, 1.54) is 17.4 Å². The molecule has 0 saturated heterocycles. The van der Waals surface area contributed by atoms with E-state index < -0.39 is 35.8 Å². The van der Waals surface area contributed by atoms with Crippen molar-refractivity contribution in [1.82, 2.24) is 20.9 Å². The second kappa shape index (κ2) is 18.7. The molecule has 270 valence electrons.